The molecule has 6 heteroatoms. The molecule has 2 heterocycles. The molecule has 1 aromatic rings. The number of aryl methyl sites for hydroxylation is 2. The van der Waals surface area contributed by atoms with E-state index in [1.54, 1.807) is 0 Å². The van der Waals surface area contributed by atoms with Gasteiger partial charge in [0.2, 0.25) is 0 Å². The first-order chi connectivity index (χ1) is 10.7. The van der Waals surface area contributed by atoms with Gasteiger partial charge in [0.25, 0.3) is 0 Å². The first-order valence-corrected chi connectivity index (χ1v) is 9.65. The fourth-order valence-electron chi connectivity index (χ4n) is 3.42. The highest BCUT2D eigenvalue weighted by molar-refractivity contribution is 7.99. The van der Waals surface area contributed by atoms with E-state index in [4.69, 9.17) is 0 Å². The zero-order valence-electron chi connectivity index (χ0n) is 13.3. The Hall–Kier alpha value is -1.17. The van der Waals surface area contributed by atoms with Gasteiger partial charge in [-0.3, -0.25) is 0 Å². The van der Waals surface area contributed by atoms with E-state index in [1.807, 2.05) is 11.8 Å². The zero-order valence-corrected chi connectivity index (χ0v) is 14.1. The van der Waals surface area contributed by atoms with E-state index in [1.165, 1.54) is 25.1 Å². The molecule has 0 unspecified atom stereocenters. The van der Waals surface area contributed by atoms with Gasteiger partial charge in [-0.05, 0) is 38.4 Å². The molecule has 22 heavy (non-hydrogen) atoms. The van der Waals surface area contributed by atoms with E-state index < -0.39 is 0 Å². The Morgan fingerprint density at radius 3 is 3.14 bits per heavy atom. The number of rotatable bonds is 5. The largest absolute Gasteiger partial charge is 0.338 e. The Morgan fingerprint density at radius 1 is 1.45 bits per heavy atom. The van der Waals surface area contributed by atoms with Crippen molar-refractivity contribution < 1.29 is 4.79 Å². The summed E-state index contributed by atoms with van der Waals surface area (Å²) < 4.78 is 2.26. The van der Waals surface area contributed by atoms with Crippen LogP contribution >= 0.6 is 11.8 Å². The van der Waals surface area contributed by atoms with Gasteiger partial charge in [0.05, 0.1) is 5.69 Å². The lowest BCUT2D eigenvalue weighted by Gasteiger charge is -2.13. The Balaban J connectivity index is 1.37. The van der Waals surface area contributed by atoms with Gasteiger partial charge in [-0.15, -0.1) is 0 Å². The van der Waals surface area contributed by atoms with Crippen LogP contribution < -0.4 is 10.6 Å². The van der Waals surface area contributed by atoms with Gasteiger partial charge in [-0.25, -0.2) is 9.78 Å². The second kappa shape index (κ2) is 7.40. The monoisotopic (exact) mass is 322 g/mol. The normalized spacial score (nSPS) is 24.0. The number of carbonyl (C=O) groups excluding carboxylic acids is 1. The lowest BCUT2D eigenvalue weighted by atomic mass is 10.2. The number of imidazole rings is 1. The third-order valence-corrected chi connectivity index (χ3v) is 5.77. The number of nitrogens with one attached hydrogen (secondary N) is 2. The van der Waals surface area contributed by atoms with Crippen molar-refractivity contribution >= 4 is 17.8 Å². The van der Waals surface area contributed by atoms with Crippen molar-refractivity contribution in [3.8, 4) is 0 Å². The molecule has 2 aliphatic rings. The Morgan fingerprint density at radius 2 is 2.36 bits per heavy atom. The number of urea groups is 1. The zero-order chi connectivity index (χ0) is 15.4. The predicted molar refractivity (Wildman–Crippen MR) is 90.3 cm³/mol. The Labute approximate surface area is 136 Å². The Kier molecular flexibility index (Phi) is 5.28. The van der Waals surface area contributed by atoms with Crippen molar-refractivity contribution in [1.29, 1.82) is 0 Å². The van der Waals surface area contributed by atoms with Crippen LogP contribution in [0.5, 0.6) is 0 Å². The van der Waals surface area contributed by atoms with Crippen molar-refractivity contribution in [1.82, 2.24) is 20.2 Å². The van der Waals surface area contributed by atoms with Crippen molar-refractivity contribution in [2.24, 2.45) is 0 Å². The van der Waals surface area contributed by atoms with E-state index in [-0.39, 0.29) is 6.03 Å². The SMILES string of the molecule is CS[C@@H]1CC[C@H](NC(=O)NCCc2cn3c(n2)CCCC3)C1. The smallest absolute Gasteiger partial charge is 0.315 e. The van der Waals surface area contributed by atoms with Gasteiger partial charge < -0.3 is 15.2 Å². The van der Waals surface area contributed by atoms with Crippen molar-refractivity contribution in [3.05, 3.63) is 17.7 Å². The summed E-state index contributed by atoms with van der Waals surface area (Å²) >= 11 is 1.91. The molecule has 2 N–H and O–H groups in total. The number of hydrogen-bond acceptors (Lipinski definition) is 3. The van der Waals surface area contributed by atoms with Gasteiger partial charge in [-0.2, -0.15) is 11.8 Å². The number of hydrogen-bond donors (Lipinski definition) is 2. The molecule has 1 aliphatic carbocycles. The molecule has 5 nitrogen and oxygen atoms in total. The second-order valence-electron chi connectivity index (χ2n) is 6.32. The molecule has 0 aromatic carbocycles. The number of aromatic nitrogens is 2. The minimum atomic E-state index is -0.0317. The van der Waals surface area contributed by atoms with E-state index in [0.717, 1.165) is 37.9 Å². The molecule has 122 valence electrons. The topological polar surface area (TPSA) is 59.0 Å². The minimum absolute atomic E-state index is 0.0317. The van der Waals surface area contributed by atoms with Crippen LogP contribution in [0.3, 0.4) is 0 Å². The summed E-state index contributed by atoms with van der Waals surface area (Å²) in [5.74, 6) is 1.21. The fourth-order valence-corrected chi connectivity index (χ4v) is 4.21. The Bertz CT molecular complexity index is 493. The van der Waals surface area contributed by atoms with Crippen molar-refractivity contribution in [2.75, 3.05) is 12.8 Å². The third-order valence-electron chi connectivity index (χ3n) is 4.68. The van der Waals surface area contributed by atoms with Crippen molar-refractivity contribution in [3.63, 3.8) is 0 Å². The third kappa shape index (κ3) is 3.97. The van der Waals surface area contributed by atoms with Crippen molar-refractivity contribution in [2.45, 2.75) is 62.8 Å². The summed E-state index contributed by atoms with van der Waals surface area (Å²) in [5.41, 5.74) is 1.10. The van der Waals surface area contributed by atoms with Crippen LogP contribution in [0.25, 0.3) is 0 Å². The van der Waals surface area contributed by atoms with Crippen LogP contribution in [-0.2, 0) is 19.4 Å². The highest BCUT2D eigenvalue weighted by Crippen LogP contribution is 2.27. The lowest BCUT2D eigenvalue weighted by molar-refractivity contribution is 0.237. The van der Waals surface area contributed by atoms with Crippen LogP contribution in [0.2, 0.25) is 0 Å². The van der Waals surface area contributed by atoms with E-state index >= 15 is 0 Å². The maximum atomic E-state index is 11.9. The highest BCUT2D eigenvalue weighted by Gasteiger charge is 2.24. The molecule has 3 rings (SSSR count). The van der Waals surface area contributed by atoms with Crippen LogP contribution in [0.4, 0.5) is 4.79 Å². The molecule has 0 saturated heterocycles. The van der Waals surface area contributed by atoms with E-state index in [2.05, 4.69) is 32.6 Å². The second-order valence-corrected chi connectivity index (χ2v) is 7.45. The molecular formula is C16H26N4OS. The van der Waals surface area contributed by atoms with Crippen LogP contribution in [0.1, 0.15) is 43.6 Å². The highest BCUT2D eigenvalue weighted by atomic mass is 32.2. The van der Waals surface area contributed by atoms with E-state index in [0.29, 0.717) is 17.8 Å². The average Bonchev–Trinajstić information content (AvgIpc) is 3.13. The van der Waals surface area contributed by atoms with E-state index in [9.17, 15) is 4.79 Å². The molecule has 1 aromatic heterocycles. The molecule has 0 spiro atoms. The van der Waals surface area contributed by atoms with Crippen LogP contribution in [-0.4, -0.2) is 39.7 Å². The van der Waals surface area contributed by atoms with Gasteiger partial charge in [-0.1, -0.05) is 0 Å². The summed E-state index contributed by atoms with van der Waals surface area (Å²) in [5, 5.41) is 6.76. The first kappa shape index (κ1) is 15.7. The fraction of sp³-hybridized carbons (Fsp3) is 0.750. The summed E-state index contributed by atoms with van der Waals surface area (Å²) in [6.07, 6.45) is 12.1. The molecule has 0 bridgehead atoms. The molecule has 1 aliphatic heterocycles. The molecular weight excluding hydrogens is 296 g/mol. The van der Waals surface area contributed by atoms with Gasteiger partial charge in [0.1, 0.15) is 5.82 Å². The number of thioether (sulfide) groups is 1. The molecule has 2 amide bonds. The number of carbonyl (C=O) groups is 1. The maximum absolute atomic E-state index is 11.9. The van der Waals surface area contributed by atoms with Gasteiger partial charge >= 0.3 is 6.03 Å². The number of fused-ring (bicyclic) bond motifs is 1. The molecule has 2 atom stereocenters. The standard InChI is InChI=1S/C16H26N4OS/c1-22-14-6-5-12(10-14)19-16(21)17-8-7-13-11-20-9-3-2-4-15(20)18-13/h11-12,14H,2-10H2,1H3,(H2,17,19,21)/t12-,14+/m0/s1. The molecule has 1 fully saturated rings. The van der Waals surface area contributed by atoms with Gasteiger partial charge in [0.15, 0.2) is 0 Å². The van der Waals surface area contributed by atoms with Crippen LogP contribution in [0, 0.1) is 0 Å². The summed E-state index contributed by atoms with van der Waals surface area (Å²) in [7, 11) is 0. The van der Waals surface area contributed by atoms with Gasteiger partial charge in [0, 0.05) is 43.4 Å². The quantitative estimate of drug-likeness (QED) is 0.875. The molecule has 0 radical (unpaired) electrons. The van der Waals surface area contributed by atoms with Crippen LogP contribution in [0.15, 0.2) is 6.20 Å². The summed E-state index contributed by atoms with van der Waals surface area (Å²) in [6.45, 7) is 1.75. The minimum Gasteiger partial charge on any atom is -0.338 e. The maximum Gasteiger partial charge on any atom is 0.315 e. The lowest BCUT2D eigenvalue weighted by Crippen LogP contribution is -2.41. The predicted octanol–water partition coefficient (Wildman–Crippen LogP) is 2.35. The average molecular weight is 322 g/mol. The summed E-state index contributed by atoms with van der Waals surface area (Å²) in [6, 6.07) is 0.313. The number of amides is 2. The first-order valence-electron chi connectivity index (χ1n) is 8.36. The number of nitrogens with zero attached hydrogens (tertiary/aromatic N) is 2. The summed E-state index contributed by atoms with van der Waals surface area (Å²) in [4.78, 5) is 16.6. The molecule has 1 saturated carbocycles.